The lowest BCUT2D eigenvalue weighted by atomic mass is 10.1. The molecule has 0 radical (unpaired) electrons. The summed E-state index contributed by atoms with van der Waals surface area (Å²) in [6.07, 6.45) is 2.41. The molecule has 2 N–H and O–H groups in total. The molecule has 0 bridgehead atoms. The number of amides is 1. The van der Waals surface area contributed by atoms with Crippen molar-refractivity contribution in [2.75, 3.05) is 5.32 Å². The first kappa shape index (κ1) is 13.7. The zero-order valence-electron chi connectivity index (χ0n) is 10.9. The van der Waals surface area contributed by atoms with Crippen LogP contribution in [0.2, 0.25) is 0 Å². The normalized spacial score (nSPS) is 10.8. The Morgan fingerprint density at radius 1 is 1.45 bits per heavy atom. The van der Waals surface area contributed by atoms with E-state index in [2.05, 4.69) is 20.4 Å². The van der Waals surface area contributed by atoms with Gasteiger partial charge in [0.15, 0.2) is 12.1 Å². The number of nitrogens with zero attached hydrogens (tertiary/aromatic N) is 4. The van der Waals surface area contributed by atoms with Crippen molar-refractivity contribution >= 4 is 17.8 Å². The molecule has 0 aliphatic carbocycles. The minimum absolute atomic E-state index is 0.00829. The van der Waals surface area contributed by atoms with Gasteiger partial charge in [-0.2, -0.15) is 0 Å². The standard InChI is InChI=1S/C11H13N5O4/c1-6(2)9-8(13-5-20-9)10(19)14-11-12-4-16(15-11)3-7(17)18/h4-6H,3H2,1-2H3,(H,17,18)(H,14,15,19). The largest absolute Gasteiger partial charge is 0.480 e. The van der Waals surface area contributed by atoms with E-state index in [4.69, 9.17) is 9.52 Å². The van der Waals surface area contributed by atoms with Gasteiger partial charge in [-0.3, -0.25) is 14.9 Å². The third-order valence-electron chi connectivity index (χ3n) is 2.39. The lowest BCUT2D eigenvalue weighted by Gasteiger charge is -2.03. The molecule has 2 heterocycles. The molecule has 9 heteroatoms. The number of anilines is 1. The van der Waals surface area contributed by atoms with E-state index in [0.29, 0.717) is 5.76 Å². The van der Waals surface area contributed by atoms with Crippen LogP contribution in [-0.4, -0.2) is 36.7 Å². The van der Waals surface area contributed by atoms with Crippen molar-refractivity contribution in [3.05, 3.63) is 24.2 Å². The molecule has 0 saturated heterocycles. The molecule has 0 atom stereocenters. The van der Waals surface area contributed by atoms with E-state index in [0.717, 1.165) is 4.68 Å². The number of oxazole rings is 1. The van der Waals surface area contributed by atoms with Gasteiger partial charge in [0.2, 0.25) is 5.95 Å². The number of hydrogen-bond acceptors (Lipinski definition) is 6. The first-order chi connectivity index (χ1) is 9.47. The SMILES string of the molecule is CC(C)c1ocnc1C(=O)Nc1ncn(CC(=O)O)n1. The number of carboxylic acids is 1. The molecular weight excluding hydrogens is 266 g/mol. The Labute approximate surface area is 113 Å². The smallest absolute Gasteiger partial charge is 0.325 e. The van der Waals surface area contributed by atoms with Crippen LogP contribution >= 0.6 is 0 Å². The maximum Gasteiger partial charge on any atom is 0.325 e. The third-order valence-corrected chi connectivity index (χ3v) is 2.39. The van der Waals surface area contributed by atoms with Crippen LogP contribution in [0.3, 0.4) is 0 Å². The molecule has 0 unspecified atom stereocenters. The van der Waals surface area contributed by atoms with E-state index in [1.54, 1.807) is 0 Å². The predicted octanol–water partition coefficient (Wildman–Crippen LogP) is 0.726. The van der Waals surface area contributed by atoms with Crippen LogP contribution in [-0.2, 0) is 11.3 Å². The number of nitrogens with one attached hydrogen (secondary N) is 1. The van der Waals surface area contributed by atoms with Crippen molar-refractivity contribution in [2.45, 2.75) is 26.3 Å². The summed E-state index contributed by atoms with van der Waals surface area (Å²) in [6, 6.07) is 0. The number of carboxylic acid groups (broad SMARTS) is 1. The van der Waals surface area contributed by atoms with E-state index in [1.807, 2.05) is 13.8 Å². The van der Waals surface area contributed by atoms with Crippen LogP contribution in [0.4, 0.5) is 5.95 Å². The monoisotopic (exact) mass is 279 g/mol. The summed E-state index contributed by atoms with van der Waals surface area (Å²) in [5.74, 6) is -1.07. The molecule has 0 aromatic carbocycles. The zero-order valence-corrected chi connectivity index (χ0v) is 10.9. The van der Waals surface area contributed by atoms with Crippen molar-refractivity contribution < 1.29 is 19.1 Å². The van der Waals surface area contributed by atoms with Gasteiger partial charge in [-0.25, -0.2) is 14.6 Å². The summed E-state index contributed by atoms with van der Waals surface area (Å²) in [5.41, 5.74) is 0.162. The van der Waals surface area contributed by atoms with Crippen LogP contribution in [0.15, 0.2) is 17.1 Å². The number of hydrogen-bond donors (Lipinski definition) is 2. The average molecular weight is 279 g/mol. The second-order valence-corrected chi connectivity index (χ2v) is 4.33. The van der Waals surface area contributed by atoms with Crippen molar-refractivity contribution in [3.63, 3.8) is 0 Å². The van der Waals surface area contributed by atoms with Gasteiger partial charge in [-0.15, -0.1) is 5.10 Å². The van der Waals surface area contributed by atoms with E-state index < -0.39 is 11.9 Å². The minimum Gasteiger partial charge on any atom is -0.480 e. The highest BCUT2D eigenvalue weighted by Crippen LogP contribution is 2.18. The Morgan fingerprint density at radius 2 is 2.20 bits per heavy atom. The fourth-order valence-corrected chi connectivity index (χ4v) is 1.56. The molecule has 0 fully saturated rings. The van der Waals surface area contributed by atoms with Gasteiger partial charge in [0.05, 0.1) is 0 Å². The molecule has 9 nitrogen and oxygen atoms in total. The first-order valence-electron chi connectivity index (χ1n) is 5.83. The van der Waals surface area contributed by atoms with Gasteiger partial charge in [-0.05, 0) is 0 Å². The van der Waals surface area contributed by atoms with Crippen LogP contribution < -0.4 is 5.32 Å². The van der Waals surface area contributed by atoms with Gasteiger partial charge in [0.25, 0.3) is 5.91 Å². The third kappa shape index (κ3) is 2.99. The highest BCUT2D eigenvalue weighted by molar-refractivity contribution is 6.02. The Hall–Kier alpha value is -2.71. The second kappa shape index (κ2) is 5.51. The van der Waals surface area contributed by atoms with Crippen molar-refractivity contribution in [1.29, 1.82) is 0 Å². The van der Waals surface area contributed by atoms with Gasteiger partial charge in [0, 0.05) is 5.92 Å². The molecule has 0 aliphatic rings. The molecule has 106 valence electrons. The molecule has 2 rings (SSSR count). The molecule has 0 spiro atoms. The van der Waals surface area contributed by atoms with Gasteiger partial charge in [0.1, 0.15) is 18.6 Å². The molecule has 1 amide bonds. The van der Waals surface area contributed by atoms with Crippen LogP contribution in [0.25, 0.3) is 0 Å². The molecule has 2 aromatic rings. The maximum absolute atomic E-state index is 12.0. The van der Waals surface area contributed by atoms with Gasteiger partial charge < -0.3 is 9.52 Å². The number of carbonyl (C=O) groups excluding carboxylic acids is 1. The summed E-state index contributed by atoms with van der Waals surface area (Å²) >= 11 is 0. The predicted molar refractivity (Wildman–Crippen MR) is 66.2 cm³/mol. The van der Waals surface area contributed by atoms with E-state index >= 15 is 0 Å². The van der Waals surface area contributed by atoms with Crippen LogP contribution in [0.1, 0.15) is 36.0 Å². The van der Waals surface area contributed by atoms with Crippen molar-refractivity contribution in [2.24, 2.45) is 0 Å². The van der Waals surface area contributed by atoms with E-state index in [-0.39, 0.29) is 24.1 Å². The topological polar surface area (TPSA) is 123 Å². The lowest BCUT2D eigenvalue weighted by molar-refractivity contribution is -0.137. The molecule has 2 aromatic heterocycles. The van der Waals surface area contributed by atoms with Crippen molar-refractivity contribution in [1.82, 2.24) is 19.7 Å². The molecule has 20 heavy (non-hydrogen) atoms. The zero-order chi connectivity index (χ0) is 14.7. The average Bonchev–Trinajstić information content (AvgIpc) is 2.96. The number of aliphatic carboxylic acids is 1. The summed E-state index contributed by atoms with van der Waals surface area (Å²) in [7, 11) is 0. The number of carbonyl (C=O) groups is 2. The fourth-order valence-electron chi connectivity index (χ4n) is 1.56. The van der Waals surface area contributed by atoms with Gasteiger partial charge in [-0.1, -0.05) is 13.8 Å². The highest BCUT2D eigenvalue weighted by Gasteiger charge is 2.20. The summed E-state index contributed by atoms with van der Waals surface area (Å²) < 4.78 is 6.25. The molecular formula is C11H13N5O4. The number of rotatable bonds is 5. The second-order valence-electron chi connectivity index (χ2n) is 4.33. The van der Waals surface area contributed by atoms with Crippen LogP contribution in [0.5, 0.6) is 0 Å². The summed E-state index contributed by atoms with van der Waals surface area (Å²) in [5, 5.41) is 14.9. The van der Waals surface area contributed by atoms with E-state index in [9.17, 15) is 9.59 Å². The fraction of sp³-hybridized carbons (Fsp3) is 0.364. The quantitative estimate of drug-likeness (QED) is 0.826. The first-order valence-corrected chi connectivity index (χ1v) is 5.83. The minimum atomic E-state index is -1.05. The maximum atomic E-state index is 12.0. The summed E-state index contributed by atoms with van der Waals surface area (Å²) in [6.45, 7) is 3.42. The van der Waals surface area contributed by atoms with E-state index in [1.165, 1.54) is 12.7 Å². The van der Waals surface area contributed by atoms with Gasteiger partial charge >= 0.3 is 5.97 Å². The Morgan fingerprint density at radius 3 is 2.85 bits per heavy atom. The Balaban J connectivity index is 2.09. The van der Waals surface area contributed by atoms with Crippen LogP contribution in [0, 0.1) is 0 Å². The highest BCUT2D eigenvalue weighted by atomic mass is 16.4. The Kier molecular flexibility index (Phi) is 3.78. The summed E-state index contributed by atoms with van der Waals surface area (Å²) in [4.78, 5) is 30.1. The molecule has 0 aliphatic heterocycles. The Bertz CT molecular complexity index is 630. The molecule has 0 saturated carbocycles. The lowest BCUT2D eigenvalue weighted by Crippen LogP contribution is -2.16. The number of aromatic nitrogens is 4. The van der Waals surface area contributed by atoms with Crippen molar-refractivity contribution in [3.8, 4) is 0 Å².